The Morgan fingerprint density at radius 2 is 2.06 bits per heavy atom. The van der Waals surface area contributed by atoms with Crippen LogP contribution in [-0.2, 0) is 19.1 Å². The molecule has 2 unspecified atom stereocenters. The van der Waals surface area contributed by atoms with Gasteiger partial charge in [0.1, 0.15) is 23.7 Å². The summed E-state index contributed by atoms with van der Waals surface area (Å²) in [5.74, 6) is -1.01. The van der Waals surface area contributed by atoms with Crippen molar-refractivity contribution in [3.8, 4) is 0 Å². The van der Waals surface area contributed by atoms with E-state index in [1.54, 1.807) is 0 Å². The number of carbonyl (C=O) groups excluding carboxylic acids is 3. The number of nitrogens with one attached hydrogen (secondary N) is 2. The van der Waals surface area contributed by atoms with Crippen LogP contribution in [-0.4, -0.2) is 82.2 Å². The van der Waals surface area contributed by atoms with Crippen molar-refractivity contribution in [3.05, 3.63) is 28.0 Å². The van der Waals surface area contributed by atoms with Crippen LogP contribution in [0.3, 0.4) is 0 Å². The summed E-state index contributed by atoms with van der Waals surface area (Å²) < 4.78 is 5.25. The SMILES string of the molecule is CCOCC[C@H](O)[C@H](CC=O)NC(=O)C1CCCN1C(=O)[C@@H](NC(O)c1ccnc(Cl)c1Cl)C(C)C. The highest BCUT2D eigenvalue weighted by atomic mass is 35.5. The van der Waals surface area contributed by atoms with Crippen LogP contribution in [0.1, 0.15) is 58.2 Å². The third-order valence-electron chi connectivity index (χ3n) is 6.18. The van der Waals surface area contributed by atoms with Gasteiger partial charge in [0.2, 0.25) is 11.8 Å². The number of hydrogen-bond acceptors (Lipinski definition) is 8. The summed E-state index contributed by atoms with van der Waals surface area (Å²) in [5.41, 5.74) is 0.281. The van der Waals surface area contributed by atoms with Gasteiger partial charge in [0, 0.05) is 37.9 Å². The van der Waals surface area contributed by atoms with Crippen molar-refractivity contribution in [3.63, 3.8) is 0 Å². The number of ether oxygens (including phenoxy) is 1. The van der Waals surface area contributed by atoms with E-state index in [2.05, 4.69) is 15.6 Å². The van der Waals surface area contributed by atoms with Crippen LogP contribution in [0.25, 0.3) is 0 Å². The van der Waals surface area contributed by atoms with Gasteiger partial charge in [0.25, 0.3) is 0 Å². The van der Waals surface area contributed by atoms with E-state index in [0.717, 1.165) is 0 Å². The maximum atomic E-state index is 13.5. The van der Waals surface area contributed by atoms with E-state index in [9.17, 15) is 24.6 Å². The predicted octanol–water partition coefficient (Wildman–Crippen LogP) is 1.85. The van der Waals surface area contributed by atoms with E-state index in [1.807, 2.05) is 20.8 Å². The zero-order chi connectivity index (χ0) is 26.8. The normalized spacial score (nSPS) is 19.1. The van der Waals surface area contributed by atoms with Crippen LogP contribution < -0.4 is 10.6 Å². The summed E-state index contributed by atoms with van der Waals surface area (Å²) >= 11 is 12.1. The van der Waals surface area contributed by atoms with Gasteiger partial charge < -0.3 is 30.0 Å². The predicted molar refractivity (Wildman–Crippen MR) is 135 cm³/mol. The van der Waals surface area contributed by atoms with Crippen molar-refractivity contribution in [2.75, 3.05) is 19.8 Å². The summed E-state index contributed by atoms with van der Waals surface area (Å²) in [5, 5.41) is 26.9. The van der Waals surface area contributed by atoms with E-state index >= 15 is 0 Å². The molecule has 2 heterocycles. The van der Waals surface area contributed by atoms with Crippen molar-refractivity contribution >= 4 is 41.3 Å². The zero-order valence-corrected chi connectivity index (χ0v) is 22.3. The van der Waals surface area contributed by atoms with E-state index < -0.39 is 36.4 Å². The minimum atomic E-state index is -1.29. The van der Waals surface area contributed by atoms with Crippen molar-refractivity contribution < 1.29 is 29.3 Å². The fourth-order valence-electron chi connectivity index (χ4n) is 4.18. The topological polar surface area (TPSA) is 141 Å². The number of likely N-dealkylation sites (tertiary alicyclic amines) is 1. The Balaban J connectivity index is 2.12. The van der Waals surface area contributed by atoms with Gasteiger partial charge >= 0.3 is 0 Å². The highest BCUT2D eigenvalue weighted by Gasteiger charge is 2.39. The van der Waals surface area contributed by atoms with Gasteiger partial charge in [-0.15, -0.1) is 0 Å². The molecule has 0 saturated carbocycles. The van der Waals surface area contributed by atoms with Crippen molar-refractivity contribution in [1.82, 2.24) is 20.5 Å². The van der Waals surface area contributed by atoms with E-state index in [0.29, 0.717) is 38.9 Å². The highest BCUT2D eigenvalue weighted by Crippen LogP contribution is 2.28. The number of aromatic nitrogens is 1. The lowest BCUT2D eigenvalue weighted by molar-refractivity contribution is -0.142. The van der Waals surface area contributed by atoms with Crippen molar-refractivity contribution in [2.45, 2.75) is 76.9 Å². The molecule has 1 fully saturated rings. The summed E-state index contributed by atoms with van der Waals surface area (Å²) in [4.78, 5) is 43.1. The number of aliphatic hydroxyl groups excluding tert-OH is 2. The van der Waals surface area contributed by atoms with Gasteiger partial charge in [-0.05, 0) is 38.2 Å². The summed E-state index contributed by atoms with van der Waals surface area (Å²) in [6.45, 7) is 6.64. The molecule has 1 aromatic heterocycles. The molecule has 1 aliphatic heterocycles. The van der Waals surface area contributed by atoms with Gasteiger partial charge in [-0.25, -0.2) is 4.98 Å². The molecule has 2 amide bonds. The Kier molecular flexibility index (Phi) is 12.5. The second kappa shape index (κ2) is 14.8. The molecule has 12 heteroatoms. The zero-order valence-electron chi connectivity index (χ0n) is 20.8. The van der Waals surface area contributed by atoms with Gasteiger partial charge in [-0.1, -0.05) is 37.0 Å². The average Bonchev–Trinajstić information content (AvgIpc) is 3.33. The summed E-state index contributed by atoms with van der Waals surface area (Å²) in [6.07, 6.45) is 1.06. The van der Waals surface area contributed by atoms with Crippen LogP contribution in [0, 0.1) is 5.92 Å². The standard InChI is InChI=1S/C24H36Cl2N4O6/c1-4-36-13-9-18(32)16(8-12-31)28-23(34)17-6-5-11-30(17)24(35)20(14(2)3)29-22(33)15-7-10-27-21(26)19(15)25/h7,10,12,14,16-18,20,22,29,32-33H,4-6,8-9,11,13H2,1-3H3,(H,28,34)/t16-,17?,18-,20-,22?/m0/s1. The molecular weight excluding hydrogens is 511 g/mol. The fraction of sp³-hybridized carbons (Fsp3) is 0.667. The van der Waals surface area contributed by atoms with Gasteiger partial charge in [-0.3, -0.25) is 14.9 Å². The lowest BCUT2D eigenvalue weighted by atomic mass is 10.0. The summed E-state index contributed by atoms with van der Waals surface area (Å²) in [6, 6.07) is -0.861. The first kappa shape index (κ1) is 30.4. The minimum absolute atomic E-state index is 0.0343. The lowest BCUT2D eigenvalue weighted by Crippen LogP contribution is -2.56. The number of hydrogen-bond donors (Lipinski definition) is 4. The first-order chi connectivity index (χ1) is 17.1. The fourth-order valence-corrected chi connectivity index (χ4v) is 4.56. The molecular formula is C24H36Cl2N4O6. The monoisotopic (exact) mass is 546 g/mol. The Labute approximate surface area is 221 Å². The molecule has 0 spiro atoms. The largest absolute Gasteiger partial charge is 0.391 e. The Morgan fingerprint density at radius 3 is 2.69 bits per heavy atom. The van der Waals surface area contributed by atoms with Crippen LogP contribution in [0.15, 0.2) is 12.3 Å². The minimum Gasteiger partial charge on any atom is -0.391 e. The lowest BCUT2D eigenvalue weighted by Gasteiger charge is -2.33. The number of pyridine rings is 1. The Morgan fingerprint density at radius 1 is 1.33 bits per heavy atom. The van der Waals surface area contributed by atoms with E-state index in [1.165, 1.54) is 17.2 Å². The molecule has 1 aromatic rings. The number of rotatable bonds is 14. The molecule has 2 rings (SSSR count). The third kappa shape index (κ3) is 8.09. The molecule has 5 atom stereocenters. The van der Waals surface area contributed by atoms with Crippen LogP contribution in [0.2, 0.25) is 10.2 Å². The quantitative estimate of drug-likeness (QED) is 0.120. The average molecular weight is 547 g/mol. The van der Waals surface area contributed by atoms with Crippen molar-refractivity contribution in [1.29, 1.82) is 0 Å². The maximum absolute atomic E-state index is 13.5. The van der Waals surface area contributed by atoms with Gasteiger partial charge in [0.15, 0.2) is 0 Å². The van der Waals surface area contributed by atoms with Crippen LogP contribution in [0.4, 0.5) is 0 Å². The van der Waals surface area contributed by atoms with E-state index in [-0.39, 0.29) is 40.4 Å². The number of amides is 2. The second-order valence-corrected chi connectivity index (χ2v) is 9.79. The molecule has 1 saturated heterocycles. The Bertz CT molecular complexity index is 890. The smallest absolute Gasteiger partial charge is 0.243 e. The first-order valence-corrected chi connectivity index (χ1v) is 12.9. The number of halogens is 2. The molecule has 10 nitrogen and oxygen atoms in total. The molecule has 1 aliphatic rings. The number of nitrogens with zero attached hydrogens (tertiary/aromatic N) is 2. The van der Waals surface area contributed by atoms with Crippen LogP contribution >= 0.6 is 23.2 Å². The molecule has 0 radical (unpaired) electrons. The molecule has 0 aromatic carbocycles. The molecule has 36 heavy (non-hydrogen) atoms. The highest BCUT2D eigenvalue weighted by molar-refractivity contribution is 6.41. The maximum Gasteiger partial charge on any atom is 0.243 e. The van der Waals surface area contributed by atoms with E-state index in [4.69, 9.17) is 27.9 Å². The first-order valence-electron chi connectivity index (χ1n) is 12.2. The van der Waals surface area contributed by atoms with Crippen molar-refractivity contribution in [2.24, 2.45) is 5.92 Å². The number of carbonyl (C=O) groups is 3. The van der Waals surface area contributed by atoms with Gasteiger partial charge in [-0.2, -0.15) is 0 Å². The molecule has 202 valence electrons. The van der Waals surface area contributed by atoms with Gasteiger partial charge in [0.05, 0.1) is 23.2 Å². The molecule has 0 aliphatic carbocycles. The molecule has 4 N–H and O–H groups in total. The number of aldehydes is 1. The third-order valence-corrected chi connectivity index (χ3v) is 6.96. The number of aliphatic hydroxyl groups is 2. The van der Waals surface area contributed by atoms with Crippen LogP contribution in [0.5, 0.6) is 0 Å². The Hall–Kier alpha value is -1.82. The molecule has 0 bridgehead atoms. The summed E-state index contributed by atoms with van der Waals surface area (Å²) in [7, 11) is 0. The second-order valence-electron chi connectivity index (χ2n) is 9.06.